The lowest BCUT2D eigenvalue weighted by Crippen LogP contribution is -2.33. The van der Waals surface area contributed by atoms with Crippen molar-refractivity contribution in [3.63, 3.8) is 0 Å². The number of halogens is 5. The maximum Gasteiger partial charge on any atom is 0.423 e. The molecule has 1 saturated carbocycles. The van der Waals surface area contributed by atoms with Crippen molar-refractivity contribution in [2.24, 2.45) is 0 Å². The van der Waals surface area contributed by atoms with Gasteiger partial charge < -0.3 is 49.7 Å². The van der Waals surface area contributed by atoms with Gasteiger partial charge in [-0.3, -0.25) is 0 Å². The second-order valence-electron chi connectivity index (χ2n) is 18.0. The molecule has 3 aromatic carbocycles. The predicted molar refractivity (Wildman–Crippen MR) is 277 cm³/mol. The van der Waals surface area contributed by atoms with Gasteiger partial charge in [0.15, 0.2) is 6.23 Å². The van der Waals surface area contributed by atoms with Crippen LogP contribution in [-0.2, 0) is 30.4 Å². The Bertz CT molecular complexity index is 3330. The minimum Gasteiger partial charge on any atom is -0.471 e. The van der Waals surface area contributed by atoms with Crippen LogP contribution in [0.2, 0.25) is 10.0 Å². The van der Waals surface area contributed by atoms with Gasteiger partial charge in [-0.1, -0.05) is 23.2 Å². The van der Waals surface area contributed by atoms with Crippen LogP contribution in [0.25, 0.3) is 22.3 Å². The molecular formula is C48H55Cl2F3N12O8S2. The van der Waals surface area contributed by atoms with Crippen LogP contribution in [0.5, 0.6) is 5.88 Å². The first-order chi connectivity index (χ1) is 35.3. The molecular weight excluding hydrogens is 1060 g/mol. The summed E-state index contributed by atoms with van der Waals surface area (Å²) in [6, 6.07) is 16.6. The highest BCUT2D eigenvalue weighted by molar-refractivity contribution is 7.93. The number of nitrogens with zero attached hydrogens (tertiary/aromatic N) is 8. The van der Waals surface area contributed by atoms with Crippen molar-refractivity contribution in [1.82, 2.24) is 39.0 Å². The molecule has 2 aliphatic rings. The number of ether oxygens (including phenoxy) is 2. The lowest BCUT2D eigenvalue weighted by atomic mass is 10.1. The number of fused-ring (bicyclic) bond motifs is 1. The van der Waals surface area contributed by atoms with Crippen LogP contribution >= 0.6 is 23.2 Å². The summed E-state index contributed by atoms with van der Waals surface area (Å²) < 4.78 is 93.7. The molecule has 5 heterocycles. The zero-order valence-corrected chi connectivity index (χ0v) is 44.3. The number of hydrogen-bond donors (Lipinski definition) is 8. The Morgan fingerprint density at radius 3 is 1.95 bits per heavy atom. The third-order valence-corrected chi connectivity index (χ3v) is 16.2. The molecule has 0 spiro atoms. The maximum absolute atomic E-state index is 13.2. The Kier molecular flexibility index (Phi) is 17.4. The highest BCUT2D eigenvalue weighted by atomic mass is 35.5. The predicted octanol–water partition coefficient (Wildman–Crippen LogP) is 8.92. The first kappa shape index (κ1) is 56.7. The van der Waals surface area contributed by atoms with Crippen LogP contribution in [0.3, 0.4) is 0 Å². The van der Waals surface area contributed by atoms with E-state index in [0.717, 1.165) is 35.6 Å². The Morgan fingerprint density at radius 2 is 1.41 bits per heavy atom. The molecule has 402 valence electrons. The Morgan fingerprint density at radius 1 is 0.840 bits per heavy atom. The van der Waals surface area contributed by atoms with Gasteiger partial charge in [-0.15, -0.1) is 0 Å². The van der Waals surface area contributed by atoms with Crippen molar-refractivity contribution >= 4 is 77.0 Å². The summed E-state index contributed by atoms with van der Waals surface area (Å²) in [5, 5.41) is 44.9. The highest BCUT2D eigenvalue weighted by Gasteiger charge is 2.44. The molecule has 1 aliphatic carbocycles. The van der Waals surface area contributed by atoms with E-state index >= 15 is 0 Å². The number of aliphatic hydroxyl groups is 4. The van der Waals surface area contributed by atoms with Crippen LogP contribution in [0, 0.1) is 16.5 Å². The second kappa shape index (κ2) is 23.1. The van der Waals surface area contributed by atoms with E-state index in [1.807, 2.05) is 13.1 Å². The zero-order chi connectivity index (χ0) is 54.7. The van der Waals surface area contributed by atoms with Gasteiger partial charge in [0.1, 0.15) is 35.8 Å². The van der Waals surface area contributed by atoms with Crippen LogP contribution < -0.4 is 15.4 Å². The van der Waals surface area contributed by atoms with Crippen molar-refractivity contribution in [2.75, 3.05) is 23.5 Å². The van der Waals surface area contributed by atoms with Crippen LogP contribution in [-0.4, -0.2) is 117 Å². The number of nitrogens with one attached hydrogen (secondary N) is 4. The number of benzene rings is 3. The molecule has 1 saturated heterocycles. The smallest absolute Gasteiger partial charge is 0.423 e. The van der Waals surface area contributed by atoms with Crippen molar-refractivity contribution in [3.8, 4) is 17.1 Å². The van der Waals surface area contributed by atoms with Crippen molar-refractivity contribution in [3.05, 3.63) is 113 Å². The summed E-state index contributed by atoms with van der Waals surface area (Å²) >= 11 is 11.9. The van der Waals surface area contributed by atoms with Crippen molar-refractivity contribution in [2.45, 2.75) is 111 Å². The van der Waals surface area contributed by atoms with E-state index in [1.165, 1.54) is 26.4 Å². The van der Waals surface area contributed by atoms with Gasteiger partial charge in [0.2, 0.25) is 17.8 Å². The van der Waals surface area contributed by atoms with Gasteiger partial charge in [-0.05, 0) is 108 Å². The fourth-order valence-corrected chi connectivity index (χ4v) is 10.2. The van der Waals surface area contributed by atoms with E-state index in [-0.39, 0.29) is 17.8 Å². The summed E-state index contributed by atoms with van der Waals surface area (Å²) in [4.78, 5) is 25.7. The summed E-state index contributed by atoms with van der Waals surface area (Å²) in [5.74, 6) is 0.603. The van der Waals surface area contributed by atoms with E-state index in [1.54, 1.807) is 77.6 Å². The molecule has 1 aliphatic heterocycles. The minimum atomic E-state index is -4.72. The molecule has 75 heavy (non-hydrogen) atoms. The Balaban J connectivity index is 0.000000167. The highest BCUT2D eigenvalue weighted by Crippen LogP contribution is 2.38. The van der Waals surface area contributed by atoms with Crippen molar-refractivity contribution in [1.29, 1.82) is 9.56 Å². The number of imidazole rings is 2. The first-order valence-electron chi connectivity index (χ1n) is 23.1. The molecule has 8 atom stereocenters. The van der Waals surface area contributed by atoms with Crippen LogP contribution in [0.1, 0.15) is 64.2 Å². The lowest BCUT2D eigenvalue weighted by molar-refractivity contribution is -0.140. The Labute approximate surface area is 440 Å². The number of aliphatic hydroxyl groups excluding tert-OH is 4. The van der Waals surface area contributed by atoms with E-state index in [0.29, 0.717) is 54.7 Å². The van der Waals surface area contributed by atoms with Gasteiger partial charge in [-0.25, -0.2) is 42.9 Å². The second-order valence-corrected chi connectivity index (χ2v) is 23.3. The molecule has 7 aromatic rings. The molecule has 20 nitrogen and oxygen atoms in total. The van der Waals surface area contributed by atoms with Gasteiger partial charge in [0.25, 0.3) is 0 Å². The van der Waals surface area contributed by atoms with E-state index in [4.69, 9.17) is 47.3 Å². The van der Waals surface area contributed by atoms with Crippen molar-refractivity contribution < 1.29 is 51.5 Å². The average Bonchev–Trinajstić information content (AvgIpc) is 3.97. The topological polar surface area (TPSA) is 292 Å². The molecule has 8 N–H and O–H groups in total. The zero-order valence-electron chi connectivity index (χ0n) is 41.1. The summed E-state index contributed by atoms with van der Waals surface area (Å²) in [5.41, 5.74) is 3.18. The van der Waals surface area contributed by atoms with Gasteiger partial charge in [0, 0.05) is 62.9 Å². The van der Waals surface area contributed by atoms with Crippen LogP contribution in [0.4, 0.5) is 36.4 Å². The standard InChI is InChI=1S/C18H21F3N4O3S.C18H22N6OS.C12H12Cl2N2O4/c1-10(26)11(2)28-16-15(18(19,20)21)9-23-17(25-16)24-12-3-5-13(6-4-12)29(22,27)14-7-8-14;1-12(2)24-13(3)20-11-17(24)14-9-21-18(22-10-14)23-15-5-7-16(8-6-15)26(4,19)25;13-5-1-7-8(2-6(5)14)16(4-15-7)12-11(19)10(18)9(3-17)20-12/h3-6,9-11,14,22,26H,7-8H2,1-2H3,(H,23,24,25);5-12,19H,1-4H3,(H,21,22,23);1-2,4,9-12,17-19H,3H2/t10-,11-,29?;;9-,10-,11-,12-/m1.1/s1. The summed E-state index contributed by atoms with van der Waals surface area (Å²) in [6.07, 6.45) is -0.242. The minimum absolute atomic E-state index is 0.116. The number of rotatable bonds is 14. The number of alkyl halides is 3. The monoisotopic (exact) mass is 1120 g/mol. The molecule has 0 amide bonds. The molecule has 4 aromatic heterocycles. The maximum atomic E-state index is 13.2. The summed E-state index contributed by atoms with van der Waals surface area (Å²) in [6.45, 7) is 8.65. The SMILES string of the molecule is C[C@@H](O)[C@@H](C)Oc1nc(Nc2ccc(S(=N)(=O)C3CC3)cc2)ncc1C(F)(F)F.Cc1ncc(-c2cnc(Nc3ccc(S(C)(=N)=O)cc3)nc2)n1C(C)C.OC[C@H]1O[C@@H](n2cnc3cc(Cl)c(Cl)cc32)[C@H](O)[C@@H]1O. The number of hydrogen-bond acceptors (Lipinski definition) is 18. The number of aromatic nitrogens is 8. The van der Waals surface area contributed by atoms with Gasteiger partial charge in [-0.2, -0.15) is 18.2 Å². The summed E-state index contributed by atoms with van der Waals surface area (Å²) in [7, 11) is -5.54. The third-order valence-electron chi connectivity index (χ3n) is 11.9. The van der Waals surface area contributed by atoms with E-state index in [2.05, 4.69) is 59.0 Å². The molecule has 0 radical (unpaired) electrons. The van der Waals surface area contributed by atoms with E-state index < -0.39 is 73.8 Å². The fraction of sp³-hybridized carbons (Fsp3) is 0.375. The fourth-order valence-electron chi connectivity index (χ4n) is 7.55. The molecule has 27 heteroatoms. The third kappa shape index (κ3) is 13.5. The number of anilines is 4. The average molecular weight is 1120 g/mol. The Hall–Kier alpha value is -6.03. The van der Waals surface area contributed by atoms with Crippen LogP contribution in [0.15, 0.2) is 102 Å². The first-order valence-corrected chi connectivity index (χ1v) is 27.5. The van der Waals surface area contributed by atoms with Gasteiger partial charge in [0.05, 0.1) is 71.5 Å². The van der Waals surface area contributed by atoms with E-state index in [9.17, 15) is 36.9 Å². The quantitative estimate of drug-likeness (QED) is 0.0504. The molecule has 9 rings (SSSR count). The normalized spacial score (nSPS) is 19.9. The molecule has 0 bridgehead atoms. The largest absolute Gasteiger partial charge is 0.471 e. The lowest BCUT2D eigenvalue weighted by Gasteiger charge is -2.20. The van der Waals surface area contributed by atoms with Gasteiger partial charge >= 0.3 is 6.18 Å². The molecule has 2 unspecified atom stereocenters. The molecule has 2 fully saturated rings. The number of aryl methyl sites for hydroxylation is 1.